The Morgan fingerprint density at radius 1 is 1.27 bits per heavy atom. The molecule has 3 aromatic heterocycles. The van der Waals surface area contributed by atoms with Crippen LogP contribution in [0.25, 0.3) is 22.3 Å². The summed E-state index contributed by atoms with van der Waals surface area (Å²) in [7, 11) is 0. The van der Waals surface area contributed by atoms with Crippen LogP contribution < -0.4 is 11.1 Å². The van der Waals surface area contributed by atoms with E-state index >= 15 is 0 Å². The molecule has 2 aliphatic rings. The standard InChI is InChI=1S/C25H27F3N8O/c1-13(14-2-4-36(5-3-14)23(37)15-6-18(30)7-15)34-24-33-10-16(9-29)21(35-24)20-12-32-22-19(20)8-17(11-31-22)25(26,27)28/h8,10-15,18H,2-7,30H2,1H3,(H,31,32)(H,33,34,35)/t13-,15?,18?/m1/s1. The lowest BCUT2D eigenvalue weighted by Crippen LogP contribution is -2.49. The minimum absolute atomic E-state index is 0.0170. The van der Waals surface area contributed by atoms with Crippen molar-refractivity contribution >= 4 is 22.9 Å². The number of hydrogen-bond acceptors (Lipinski definition) is 7. The molecular weight excluding hydrogens is 485 g/mol. The van der Waals surface area contributed by atoms with Crippen LogP contribution in [0, 0.1) is 23.2 Å². The first-order valence-electron chi connectivity index (χ1n) is 12.3. The highest BCUT2D eigenvalue weighted by atomic mass is 19.4. The highest BCUT2D eigenvalue weighted by molar-refractivity contribution is 5.94. The van der Waals surface area contributed by atoms with Gasteiger partial charge in [-0.05, 0) is 44.6 Å². The van der Waals surface area contributed by atoms with E-state index in [9.17, 15) is 23.2 Å². The summed E-state index contributed by atoms with van der Waals surface area (Å²) in [6.45, 7) is 3.38. The fraction of sp³-hybridized carbons (Fsp3) is 0.480. The molecule has 37 heavy (non-hydrogen) atoms. The number of likely N-dealkylation sites (tertiary alicyclic amines) is 1. The number of aromatic amines is 1. The number of amides is 1. The van der Waals surface area contributed by atoms with Gasteiger partial charge in [-0.15, -0.1) is 0 Å². The van der Waals surface area contributed by atoms with Gasteiger partial charge in [-0.3, -0.25) is 4.79 Å². The second-order valence-electron chi connectivity index (χ2n) is 9.91. The van der Waals surface area contributed by atoms with Crippen LogP contribution in [-0.4, -0.2) is 55.9 Å². The maximum Gasteiger partial charge on any atom is 0.417 e. The number of pyridine rings is 1. The van der Waals surface area contributed by atoms with Crippen molar-refractivity contribution in [2.24, 2.45) is 17.6 Å². The molecule has 9 nitrogen and oxygen atoms in total. The van der Waals surface area contributed by atoms with E-state index in [1.54, 1.807) is 0 Å². The maximum atomic E-state index is 13.3. The summed E-state index contributed by atoms with van der Waals surface area (Å²) in [5.41, 5.74) is 5.90. The number of nitrogens with two attached hydrogens (primary N) is 1. The van der Waals surface area contributed by atoms with Crippen LogP contribution in [0.15, 0.2) is 24.7 Å². The molecule has 3 aromatic rings. The van der Waals surface area contributed by atoms with Crippen molar-refractivity contribution in [2.45, 2.75) is 50.9 Å². The Bertz CT molecular complexity index is 1350. The Labute approximate surface area is 211 Å². The average Bonchev–Trinajstić information content (AvgIpc) is 3.29. The number of carbonyl (C=O) groups is 1. The molecule has 0 spiro atoms. The van der Waals surface area contributed by atoms with Crippen LogP contribution in [0.5, 0.6) is 0 Å². The summed E-state index contributed by atoms with van der Waals surface area (Å²) in [5.74, 6) is 0.807. The molecule has 1 aliphatic heterocycles. The molecular formula is C25H27F3N8O. The minimum Gasteiger partial charge on any atom is -0.351 e. The van der Waals surface area contributed by atoms with Crippen LogP contribution in [0.1, 0.15) is 43.7 Å². The molecule has 2 fully saturated rings. The second kappa shape index (κ2) is 9.63. The van der Waals surface area contributed by atoms with E-state index in [-0.39, 0.29) is 58.1 Å². The molecule has 0 unspecified atom stereocenters. The van der Waals surface area contributed by atoms with Crippen molar-refractivity contribution < 1.29 is 18.0 Å². The van der Waals surface area contributed by atoms with Crippen molar-refractivity contribution in [1.29, 1.82) is 5.26 Å². The number of hydrogen-bond donors (Lipinski definition) is 3. The minimum atomic E-state index is -4.55. The van der Waals surface area contributed by atoms with Gasteiger partial charge < -0.3 is 20.9 Å². The Balaban J connectivity index is 1.31. The zero-order valence-corrected chi connectivity index (χ0v) is 20.2. The van der Waals surface area contributed by atoms with E-state index < -0.39 is 11.7 Å². The van der Waals surface area contributed by atoms with E-state index in [4.69, 9.17) is 5.73 Å². The zero-order valence-electron chi connectivity index (χ0n) is 20.2. The van der Waals surface area contributed by atoms with Crippen LogP contribution in [-0.2, 0) is 11.0 Å². The zero-order chi connectivity index (χ0) is 26.3. The largest absolute Gasteiger partial charge is 0.417 e. The van der Waals surface area contributed by atoms with Crippen LogP contribution in [0.4, 0.5) is 19.1 Å². The van der Waals surface area contributed by atoms with E-state index in [2.05, 4.69) is 25.3 Å². The number of rotatable bonds is 5. The predicted molar refractivity (Wildman–Crippen MR) is 130 cm³/mol. The van der Waals surface area contributed by atoms with Crippen molar-refractivity contribution in [3.63, 3.8) is 0 Å². The summed E-state index contributed by atoms with van der Waals surface area (Å²) in [6.07, 6.45) is 2.26. The third kappa shape index (κ3) is 4.96. The Morgan fingerprint density at radius 2 is 2.00 bits per heavy atom. The number of fused-ring (bicyclic) bond motifs is 1. The fourth-order valence-electron chi connectivity index (χ4n) is 5.16. The number of carbonyl (C=O) groups excluding carboxylic acids is 1. The molecule has 1 atom stereocenters. The summed E-state index contributed by atoms with van der Waals surface area (Å²) in [4.78, 5) is 30.0. The Kier molecular flexibility index (Phi) is 6.49. The van der Waals surface area contributed by atoms with Crippen LogP contribution in [0.3, 0.4) is 0 Å². The maximum absolute atomic E-state index is 13.3. The summed E-state index contributed by atoms with van der Waals surface area (Å²) in [6, 6.07) is 3.14. The lowest BCUT2D eigenvalue weighted by atomic mass is 9.79. The highest BCUT2D eigenvalue weighted by Gasteiger charge is 2.36. The van der Waals surface area contributed by atoms with Crippen LogP contribution in [0.2, 0.25) is 0 Å². The van der Waals surface area contributed by atoms with E-state index in [0.717, 1.165) is 37.9 Å². The number of piperidine rings is 1. The molecule has 1 saturated heterocycles. The first-order chi connectivity index (χ1) is 17.6. The number of anilines is 1. The average molecular weight is 513 g/mol. The SMILES string of the molecule is C[C@@H](Nc1ncc(C#N)c(-c2c[nH]c3ncc(C(F)(F)F)cc23)n1)C1CCN(C(=O)C2CC(N)C2)CC1. The smallest absolute Gasteiger partial charge is 0.351 e. The van der Waals surface area contributed by atoms with E-state index in [1.807, 2.05) is 17.9 Å². The van der Waals surface area contributed by atoms with Crippen molar-refractivity contribution in [2.75, 3.05) is 18.4 Å². The van der Waals surface area contributed by atoms with Crippen molar-refractivity contribution in [3.8, 4) is 17.3 Å². The Morgan fingerprint density at radius 3 is 2.65 bits per heavy atom. The summed E-state index contributed by atoms with van der Waals surface area (Å²) < 4.78 is 39.8. The number of alkyl halides is 3. The normalized spacial score (nSPS) is 21.4. The van der Waals surface area contributed by atoms with Gasteiger partial charge in [-0.2, -0.15) is 18.4 Å². The number of aromatic nitrogens is 4. The molecule has 194 valence electrons. The molecule has 4 N–H and O–H groups in total. The summed E-state index contributed by atoms with van der Waals surface area (Å²) in [5, 5.41) is 13.1. The lowest BCUT2D eigenvalue weighted by molar-refractivity contribution is -0.140. The third-order valence-corrected chi connectivity index (χ3v) is 7.46. The van der Waals surface area contributed by atoms with Gasteiger partial charge in [0, 0.05) is 54.4 Å². The summed E-state index contributed by atoms with van der Waals surface area (Å²) >= 11 is 0. The number of nitriles is 1. The number of H-pyrrole nitrogens is 1. The fourth-order valence-corrected chi connectivity index (χ4v) is 5.16. The lowest BCUT2D eigenvalue weighted by Gasteiger charge is -2.40. The molecule has 4 heterocycles. The second-order valence-corrected chi connectivity index (χ2v) is 9.91. The van der Waals surface area contributed by atoms with Gasteiger partial charge in [-0.1, -0.05) is 0 Å². The molecule has 0 aromatic carbocycles. The van der Waals surface area contributed by atoms with Crippen LogP contribution >= 0.6 is 0 Å². The number of nitrogens with zero attached hydrogens (tertiary/aromatic N) is 5. The predicted octanol–water partition coefficient (Wildman–Crippen LogP) is 3.69. The molecule has 1 saturated carbocycles. The molecule has 1 aliphatic carbocycles. The van der Waals surface area contributed by atoms with Gasteiger partial charge in [0.05, 0.1) is 23.0 Å². The van der Waals surface area contributed by atoms with Gasteiger partial charge >= 0.3 is 6.18 Å². The quantitative estimate of drug-likeness (QED) is 0.474. The molecule has 0 bridgehead atoms. The van der Waals surface area contributed by atoms with Gasteiger partial charge in [0.2, 0.25) is 11.9 Å². The highest BCUT2D eigenvalue weighted by Crippen LogP contribution is 2.35. The van der Waals surface area contributed by atoms with E-state index in [0.29, 0.717) is 18.7 Å². The first kappa shape index (κ1) is 25.0. The van der Waals surface area contributed by atoms with Gasteiger partial charge in [0.15, 0.2) is 0 Å². The van der Waals surface area contributed by atoms with Gasteiger partial charge in [-0.25, -0.2) is 15.0 Å². The molecule has 1 amide bonds. The number of nitrogens with one attached hydrogen (secondary N) is 2. The van der Waals surface area contributed by atoms with Crippen molar-refractivity contribution in [1.82, 2.24) is 24.8 Å². The topological polar surface area (TPSA) is 137 Å². The monoisotopic (exact) mass is 512 g/mol. The third-order valence-electron chi connectivity index (χ3n) is 7.46. The molecule has 0 radical (unpaired) electrons. The molecule has 12 heteroatoms. The van der Waals surface area contributed by atoms with E-state index in [1.165, 1.54) is 12.4 Å². The Hall–Kier alpha value is -3.72. The van der Waals surface area contributed by atoms with Gasteiger partial charge in [0.25, 0.3) is 0 Å². The molecule has 5 rings (SSSR count). The van der Waals surface area contributed by atoms with Crippen molar-refractivity contribution in [3.05, 3.63) is 35.8 Å². The van der Waals surface area contributed by atoms with Gasteiger partial charge in [0.1, 0.15) is 11.7 Å². The number of halogens is 3. The first-order valence-corrected chi connectivity index (χ1v) is 12.3.